The summed E-state index contributed by atoms with van der Waals surface area (Å²) in [6, 6.07) is 3.24. The van der Waals surface area contributed by atoms with Crippen LogP contribution in [0, 0.1) is 11.8 Å². The van der Waals surface area contributed by atoms with Crippen LogP contribution < -0.4 is 9.64 Å². The van der Waals surface area contributed by atoms with Crippen LogP contribution in [-0.4, -0.2) is 64.8 Å². The van der Waals surface area contributed by atoms with E-state index in [-0.39, 0.29) is 29.5 Å². The molecule has 3 heterocycles. The summed E-state index contributed by atoms with van der Waals surface area (Å²) < 4.78 is 31.5. The Bertz CT molecular complexity index is 1090. The smallest absolute Gasteiger partial charge is 0.299 e. The fourth-order valence-corrected chi connectivity index (χ4v) is 4.14. The molecule has 0 aromatic carbocycles. The maximum atomic E-state index is 13.2. The van der Waals surface area contributed by atoms with Crippen LogP contribution in [0.5, 0.6) is 5.88 Å². The van der Waals surface area contributed by atoms with E-state index in [1.54, 1.807) is 48.4 Å². The van der Waals surface area contributed by atoms with Crippen LogP contribution in [0.2, 0.25) is 0 Å². The van der Waals surface area contributed by atoms with Gasteiger partial charge >= 0.3 is 0 Å². The summed E-state index contributed by atoms with van der Waals surface area (Å²) in [7, 11) is 3.47. The molecule has 2 atom stereocenters. The molecule has 0 N–H and O–H groups in total. The summed E-state index contributed by atoms with van der Waals surface area (Å²) in [6.07, 6.45) is 10.0. The molecule has 0 bridgehead atoms. The summed E-state index contributed by atoms with van der Waals surface area (Å²) in [5.41, 5.74) is 1.45. The lowest BCUT2D eigenvalue weighted by Crippen LogP contribution is -2.30. The lowest BCUT2D eigenvalue weighted by atomic mass is 9.97. The largest absolute Gasteiger partial charge is 0.471 e. The number of carbonyl (C=O) groups excluding carboxylic acids is 2. The zero-order valence-corrected chi connectivity index (χ0v) is 21.3. The van der Waals surface area contributed by atoms with Crippen molar-refractivity contribution in [2.45, 2.75) is 38.0 Å². The van der Waals surface area contributed by atoms with Gasteiger partial charge in [-0.1, -0.05) is 18.7 Å². The first-order chi connectivity index (χ1) is 17.6. The van der Waals surface area contributed by atoms with Crippen LogP contribution in [-0.2, 0) is 22.4 Å². The molecule has 0 radical (unpaired) electrons. The second-order valence-electron chi connectivity index (χ2n) is 9.29. The molecule has 3 rings (SSSR count). The quantitative estimate of drug-likeness (QED) is 0.378. The van der Waals surface area contributed by atoms with Crippen molar-refractivity contribution in [3.63, 3.8) is 0 Å². The third kappa shape index (κ3) is 7.65. The normalized spacial score (nSPS) is 16.4. The summed E-state index contributed by atoms with van der Waals surface area (Å²) in [4.78, 5) is 41.5. The van der Waals surface area contributed by atoms with Crippen molar-refractivity contribution < 1.29 is 23.1 Å². The standard InChI is InChI=1S/C27H33F2N5O3/c1-5-7-20(25(35)33(3)4)9-10-23-30-16-22(17-31-23)34-13-12-21(26(34)36)14-19-8-11-24(32-15-19)37-18-27(28,29)6-2/h5-6,8,11,15-17,20-21H,1-2,7,9-10,12-14,18H2,3-4H3. The SMILES string of the molecule is C=CCC(CCc1ncc(N2CCC(Cc3ccc(OCC(F)(F)C=C)nc3)C2=O)cn1)C(=O)N(C)C. The highest BCUT2D eigenvalue weighted by molar-refractivity contribution is 5.97. The molecule has 0 saturated carbocycles. The van der Waals surface area contributed by atoms with Gasteiger partial charge in [-0.05, 0) is 37.3 Å². The van der Waals surface area contributed by atoms with Crippen LogP contribution in [0.1, 0.15) is 30.7 Å². The van der Waals surface area contributed by atoms with E-state index in [4.69, 9.17) is 4.74 Å². The number of halogens is 2. The zero-order chi connectivity index (χ0) is 27.0. The molecule has 2 amide bonds. The van der Waals surface area contributed by atoms with E-state index in [9.17, 15) is 18.4 Å². The minimum absolute atomic E-state index is 0.0232. The predicted octanol–water partition coefficient (Wildman–Crippen LogP) is 3.88. The first-order valence-corrected chi connectivity index (χ1v) is 12.2. The summed E-state index contributed by atoms with van der Waals surface area (Å²) in [5.74, 6) is -2.78. The molecule has 0 spiro atoms. The van der Waals surface area contributed by atoms with Gasteiger partial charge in [-0.2, -0.15) is 8.78 Å². The minimum atomic E-state index is -3.12. The molecule has 2 unspecified atom stereocenters. The number of carbonyl (C=O) groups is 2. The molecule has 1 saturated heterocycles. The molecule has 2 aromatic heterocycles. The van der Waals surface area contributed by atoms with E-state index in [1.165, 1.54) is 12.3 Å². The molecule has 10 heteroatoms. The topological polar surface area (TPSA) is 88.5 Å². The van der Waals surface area contributed by atoms with Crippen LogP contribution in [0.3, 0.4) is 0 Å². The molecule has 198 valence electrons. The molecule has 8 nitrogen and oxygen atoms in total. The average molecular weight is 514 g/mol. The van der Waals surface area contributed by atoms with Crippen LogP contribution >= 0.6 is 0 Å². The van der Waals surface area contributed by atoms with Crippen molar-refractivity contribution in [1.29, 1.82) is 0 Å². The molecule has 1 fully saturated rings. The molecule has 1 aliphatic rings. The number of allylic oxidation sites excluding steroid dienone is 1. The number of aryl methyl sites for hydroxylation is 1. The molecule has 0 aliphatic carbocycles. The Labute approximate surface area is 216 Å². The van der Waals surface area contributed by atoms with E-state index in [0.717, 1.165) is 5.56 Å². The first-order valence-electron chi connectivity index (χ1n) is 12.2. The van der Waals surface area contributed by atoms with Crippen molar-refractivity contribution in [2.24, 2.45) is 11.8 Å². The van der Waals surface area contributed by atoms with E-state index in [1.807, 2.05) is 0 Å². The highest BCUT2D eigenvalue weighted by Gasteiger charge is 2.33. The van der Waals surface area contributed by atoms with Crippen molar-refractivity contribution in [3.05, 3.63) is 67.4 Å². The molecular weight excluding hydrogens is 480 g/mol. The van der Waals surface area contributed by atoms with Gasteiger partial charge in [0, 0.05) is 51.2 Å². The number of amides is 2. The highest BCUT2D eigenvalue weighted by atomic mass is 19.3. The van der Waals surface area contributed by atoms with Crippen LogP contribution in [0.25, 0.3) is 0 Å². The van der Waals surface area contributed by atoms with Gasteiger partial charge in [0.2, 0.25) is 17.7 Å². The Balaban J connectivity index is 1.53. The highest BCUT2D eigenvalue weighted by Crippen LogP contribution is 2.27. The maximum absolute atomic E-state index is 13.2. The number of aromatic nitrogens is 3. The fraction of sp³-hybridized carbons (Fsp3) is 0.444. The number of ether oxygens (including phenoxy) is 1. The Morgan fingerprint density at radius 3 is 2.57 bits per heavy atom. The number of rotatable bonds is 13. The minimum Gasteiger partial charge on any atom is -0.471 e. The van der Waals surface area contributed by atoms with E-state index in [2.05, 4.69) is 28.1 Å². The van der Waals surface area contributed by atoms with Crippen molar-refractivity contribution in [1.82, 2.24) is 19.9 Å². The zero-order valence-electron chi connectivity index (χ0n) is 21.3. The van der Waals surface area contributed by atoms with Gasteiger partial charge in [0.25, 0.3) is 5.92 Å². The van der Waals surface area contributed by atoms with Crippen molar-refractivity contribution >= 4 is 17.5 Å². The number of alkyl halides is 2. The first kappa shape index (κ1) is 27.9. The molecule has 37 heavy (non-hydrogen) atoms. The fourth-order valence-electron chi connectivity index (χ4n) is 4.14. The number of pyridine rings is 1. The van der Waals surface area contributed by atoms with Crippen molar-refractivity contribution in [2.75, 3.05) is 32.1 Å². The maximum Gasteiger partial charge on any atom is 0.299 e. The number of anilines is 1. The second kappa shape index (κ2) is 12.5. The Morgan fingerprint density at radius 1 is 1.24 bits per heavy atom. The molecular formula is C27H33F2N5O3. The second-order valence-corrected chi connectivity index (χ2v) is 9.29. The van der Waals surface area contributed by atoms with E-state index in [0.29, 0.717) is 56.2 Å². The summed E-state index contributed by atoms with van der Waals surface area (Å²) in [6.45, 7) is 6.54. The van der Waals surface area contributed by atoms with Gasteiger partial charge in [-0.3, -0.25) is 9.59 Å². The van der Waals surface area contributed by atoms with E-state index >= 15 is 0 Å². The van der Waals surface area contributed by atoms with Crippen molar-refractivity contribution in [3.8, 4) is 5.88 Å². The molecule has 2 aromatic rings. The molecule has 1 aliphatic heterocycles. The predicted molar refractivity (Wildman–Crippen MR) is 136 cm³/mol. The van der Waals surface area contributed by atoms with Crippen LogP contribution in [0.15, 0.2) is 56.0 Å². The Kier molecular flexibility index (Phi) is 9.43. The van der Waals surface area contributed by atoms with Gasteiger partial charge in [-0.25, -0.2) is 15.0 Å². The number of hydrogen-bond donors (Lipinski definition) is 0. The summed E-state index contributed by atoms with van der Waals surface area (Å²) in [5, 5.41) is 0. The average Bonchev–Trinajstić information content (AvgIpc) is 3.25. The Hall–Kier alpha value is -3.69. The third-order valence-electron chi connectivity index (χ3n) is 6.27. The third-order valence-corrected chi connectivity index (χ3v) is 6.27. The van der Waals surface area contributed by atoms with E-state index < -0.39 is 12.5 Å². The summed E-state index contributed by atoms with van der Waals surface area (Å²) >= 11 is 0. The van der Waals surface area contributed by atoms with Crippen LogP contribution in [0.4, 0.5) is 14.5 Å². The lowest BCUT2D eigenvalue weighted by Gasteiger charge is -2.19. The number of nitrogens with zero attached hydrogens (tertiary/aromatic N) is 5. The van der Waals surface area contributed by atoms with Gasteiger partial charge < -0.3 is 14.5 Å². The lowest BCUT2D eigenvalue weighted by molar-refractivity contribution is -0.133. The van der Waals surface area contributed by atoms with Gasteiger partial charge in [0.1, 0.15) is 5.82 Å². The van der Waals surface area contributed by atoms with Gasteiger partial charge in [-0.15, -0.1) is 6.58 Å². The number of hydrogen-bond acceptors (Lipinski definition) is 6. The monoisotopic (exact) mass is 513 g/mol. The van der Waals surface area contributed by atoms with Gasteiger partial charge in [0.05, 0.1) is 18.1 Å². The van der Waals surface area contributed by atoms with Gasteiger partial charge in [0.15, 0.2) is 6.61 Å². The Morgan fingerprint density at radius 2 is 1.97 bits per heavy atom.